The molecule has 0 unspecified atom stereocenters. The van der Waals surface area contributed by atoms with Crippen molar-refractivity contribution in [1.29, 1.82) is 0 Å². The summed E-state index contributed by atoms with van der Waals surface area (Å²) in [5.74, 6) is 0.0379. The van der Waals surface area contributed by atoms with Crippen LogP contribution in [-0.4, -0.2) is 45.8 Å². The third-order valence-electron chi connectivity index (χ3n) is 4.72. The molecule has 7 heteroatoms. The Labute approximate surface area is 170 Å². The van der Waals surface area contributed by atoms with Crippen molar-refractivity contribution in [3.8, 4) is 0 Å². The van der Waals surface area contributed by atoms with Gasteiger partial charge in [-0.2, -0.15) is 0 Å². The summed E-state index contributed by atoms with van der Waals surface area (Å²) in [5, 5.41) is 11.0. The van der Waals surface area contributed by atoms with Crippen LogP contribution in [0.15, 0.2) is 6.20 Å². The summed E-state index contributed by atoms with van der Waals surface area (Å²) >= 11 is 0. The van der Waals surface area contributed by atoms with Crippen LogP contribution >= 0.6 is 0 Å². The molecule has 0 saturated carbocycles. The number of amides is 1. The van der Waals surface area contributed by atoms with Gasteiger partial charge in [-0.1, -0.05) is 26.0 Å². The van der Waals surface area contributed by atoms with E-state index in [1.807, 2.05) is 24.7 Å². The Morgan fingerprint density at radius 2 is 1.68 bits per heavy atom. The Kier molecular flexibility index (Phi) is 9.08. The zero-order valence-electron chi connectivity index (χ0n) is 19.1. The number of hydrogen-bond donors (Lipinski definition) is 1. The first-order valence-electron chi connectivity index (χ1n) is 10.2. The zero-order valence-corrected chi connectivity index (χ0v) is 19.1. The van der Waals surface area contributed by atoms with E-state index in [1.165, 1.54) is 0 Å². The van der Waals surface area contributed by atoms with Crippen LogP contribution in [0.3, 0.4) is 0 Å². The molecular weight excluding hydrogens is 356 g/mol. The highest BCUT2D eigenvalue weighted by molar-refractivity contribution is 5.75. The van der Waals surface area contributed by atoms with Crippen LogP contribution in [0, 0.1) is 5.41 Å². The van der Waals surface area contributed by atoms with E-state index < -0.39 is 0 Å². The van der Waals surface area contributed by atoms with E-state index in [4.69, 9.17) is 9.47 Å². The molecule has 1 N–H and O–H groups in total. The normalized spacial score (nSPS) is 13.0. The van der Waals surface area contributed by atoms with Crippen molar-refractivity contribution >= 4 is 5.91 Å². The molecule has 28 heavy (non-hydrogen) atoms. The van der Waals surface area contributed by atoms with Gasteiger partial charge in [-0.05, 0) is 52.4 Å². The van der Waals surface area contributed by atoms with Gasteiger partial charge >= 0.3 is 0 Å². The Bertz CT molecular complexity index is 603. The number of aromatic nitrogens is 3. The lowest BCUT2D eigenvalue weighted by atomic mass is 9.92. The van der Waals surface area contributed by atoms with Gasteiger partial charge in [0.1, 0.15) is 5.69 Å². The van der Waals surface area contributed by atoms with Crippen molar-refractivity contribution in [2.45, 2.75) is 98.5 Å². The van der Waals surface area contributed by atoms with Gasteiger partial charge in [-0.15, -0.1) is 5.10 Å². The first-order valence-corrected chi connectivity index (χ1v) is 10.2. The maximum Gasteiger partial charge on any atom is 0.219 e. The van der Waals surface area contributed by atoms with Crippen molar-refractivity contribution < 1.29 is 14.3 Å². The molecule has 1 aromatic heterocycles. The molecule has 0 atom stereocenters. The molecular formula is C21H40N4O3. The van der Waals surface area contributed by atoms with E-state index in [-0.39, 0.29) is 22.5 Å². The number of aryl methyl sites for hydroxylation is 1. The molecule has 0 aliphatic rings. The lowest BCUT2D eigenvalue weighted by Crippen LogP contribution is -2.32. The molecule has 0 aliphatic heterocycles. The SMILES string of the molecule is CNC(=O)CCC(C)(C)OCCC(C)(C)OCc1cn(CCC(C)(C)C)nn1. The molecule has 0 fully saturated rings. The fraction of sp³-hybridized carbons (Fsp3) is 0.857. The number of nitrogens with zero attached hydrogens (tertiary/aromatic N) is 3. The van der Waals surface area contributed by atoms with Crippen molar-refractivity contribution in [3.63, 3.8) is 0 Å². The van der Waals surface area contributed by atoms with Crippen LogP contribution in [0.4, 0.5) is 0 Å². The molecule has 0 aromatic carbocycles. The predicted molar refractivity (Wildman–Crippen MR) is 111 cm³/mol. The van der Waals surface area contributed by atoms with Gasteiger partial charge in [0.2, 0.25) is 5.91 Å². The quantitative estimate of drug-likeness (QED) is 0.582. The predicted octanol–water partition coefficient (Wildman–Crippen LogP) is 3.72. The molecule has 1 aromatic rings. The Morgan fingerprint density at radius 3 is 2.29 bits per heavy atom. The van der Waals surface area contributed by atoms with E-state index in [0.29, 0.717) is 26.1 Å². The maximum absolute atomic E-state index is 11.4. The molecule has 162 valence electrons. The van der Waals surface area contributed by atoms with Gasteiger partial charge in [-0.3, -0.25) is 9.48 Å². The first-order chi connectivity index (χ1) is 12.8. The van der Waals surface area contributed by atoms with E-state index in [9.17, 15) is 4.79 Å². The van der Waals surface area contributed by atoms with Crippen LogP contribution < -0.4 is 5.32 Å². The molecule has 0 saturated heterocycles. The van der Waals surface area contributed by atoms with Crippen LogP contribution in [-0.2, 0) is 27.4 Å². The summed E-state index contributed by atoms with van der Waals surface area (Å²) < 4.78 is 13.9. The summed E-state index contributed by atoms with van der Waals surface area (Å²) in [6, 6.07) is 0. The largest absolute Gasteiger partial charge is 0.375 e. The molecule has 1 amide bonds. The molecule has 1 heterocycles. The highest BCUT2D eigenvalue weighted by Crippen LogP contribution is 2.22. The number of hydrogen-bond acceptors (Lipinski definition) is 5. The van der Waals surface area contributed by atoms with Crippen molar-refractivity contribution in [2.75, 3.05) is 13.7 Å². The van der Waals surface area contributed by atoms with E-state index in [2.05, 4.69) is 50.2 Å². The van der Waals surface area contributed by atoms with Gasteiger partial charge in [0.15, 0.2) is 0 Å². The molecule has 0 bridgehead atoms. The zero-order chi connectivity index (χ0) is 21.4. The van der Waals surface area contributed by atoms with Gasteiger partial charge < -0.3 is 14.8 Å². The number of ether oxygens (including phenoxy) is 2. The molecule has 0 aliphatic carbocycles. The first kappa shape index (κ1) is 24.6. The van der Waals surface area contributed by atoms with Crippen molar-refractivity contribution in [1.82, 2.24) is 20.3 Å². The van der Waals surface area contributed by atoms with E-state index >= 15 is 0 Å². The van der Waals surface area contributed by atoms with Crippen molar-refractivity contribution in [2.24, 2.45) is 5.41 Å². The minimum absolute atomic E-state index is 0.0379. The second-order valence-corrected chi connectivity index (χ2v) is 9.86. The van der Waals surface area contributed by atoms with Gasteiger partial charge in [0.25, 0.3) is 0 Å². The fourth-order valence-electron chi connectivity index (χ4n) is 2.49. The van der Waals surface area contributed by atoms with Gasteiger partial charge in [0.05, 0.1) is 30.6 Å². The van der Waals surface area contributed by atoms with Gasteiger partial charge in [-0.25, -0.2) is 0 Å². The average molecular weight is 397 g/mol. The number of carbonyl (C=O) groups is 1. The Hall–Kier alpha value is -1.47. The van der Waals surface area contributed by atoms with E-state index in [1.54, 1.807) is 7.05 Å². The van der Waals surface area contributed by atoms with Crippen LogP contribution in [0.2, 0.25) is 0 Å². The fourth-order valence-corrected chi connectivity index (χ4v) is 2.49. The van der Waals surface area contributed by atoms with E-state index in [0.717, 1.165) is 25.1 Å². The number of carbonyl (C=O) groups excluding carboxylic acids is 1. The summed E-state index contributed by atoms with van der Waals surface area (Å²) in [7, 11) is 1.65. The molecule has 7 nitrogen and oxygen atoms in total. The lowest BCUT2D eigenvalue weighted by molar-refractivity contribution is -0.123. The summed E-state index contributed by atoms with van der Waals surface area (Å²) in [6.45, 7) is 16.7. The third kappa shape index (κ3) is 10.8. The minimum Gasteiger partial charge on any atom is -0.375 e. The number of nitrogens with one attached hydrogen (secondary N) is 1. The standard InChI is InChI=1S/C21H40N4O3/c1-19(2,3)11-13-25-15-17(23-24-25)16-28-21(6,7)12-14-27-20(4,5)10-9-18(26)22-8/h15H,9-14,16H2,1-8H3,(H,22,26). The summed E-state index contributed by atoms with van der Waals surface area (Å²) in [4.78, 5) is 11.4. The summed E-state index contributed by atoms with van der Waals surface area (Å²) in [5.41, 5.74) is 0.456. The lowest BCUT2D eigenvalue weighted by Gasteiger charge is -2.29. The second kappa shape index (κ2) is 10.3. The monoisotopic (exact) mass is 396 g/mol. The van der Waals surface area contributed by atoms with Crippen molar-refractivity contribution in [3.05, 3.63) is 11.9 Å². The van der Waals surface area contributed by atoms with Crippen LogP contribution in [0.5, 0.6) is 0 Å². The molecule has 1 rings (SSSR count). The second-order valence-electron chi connectivity index (χ2n) is 9.86. The minimum atomic E-state index is -0.335. The summed E-state index contributed by atoms with van der Waals surface area (Å²) in [6.07, 6.45) is 4.92. The highest BCUT2D eigenvalue weighted by Gasteiger charge is 2.24. The van der Waals surface area contributed by atoms with Crippen LogP contribution in [0.25, 0.3) is 0 Å². The molecule has 0 radical (unpaired) electrons. The topological polar surface area (TPSA) is 78.3 Å². The average Bonchev–Trinajstić information content (AvgIpc) is 3.03. The Balaban J connectivity index is 2.36. The third-order valence-corrected chi connectivity index (χ3v) is 4.72. The smallest absolute Gasteiger partial charge is 0.219 e. The Morgan fingerprint density at radius 1 is 1.04 bits per heavy atom. The maximum atomic E-state index is 11.4. The molecule has 0 spiro atoms. The highest BCUT2D eigenvalue weighted by atomic mass is 16.5. The van der Waals surface area contributed by atoms with Crippen LogP contribution in [0.1, 0.15) is 79.8 Å². The number of rotatable bonds is 12. The van der Waals surface area contributed by atoms with Gasteiger partial charge in [0, 0.05) is 20.0 Å².